The smallest absolute Gasteiger partial charge is 0.252 e. The average Bonchev–Trinajstić information content (AvgIpc) is 3.31. The predicted molar refractivity (Wildman–Crippen MR) is 128 cm³/mol. The maximum absolute atomic E-state index is 13.0. The molecule has 0 saturated carbocycles. The molecule has 12 heteroatoms. The van der Waals surface area contributed by atoms with E-state index < -0.39 is 21.8 Å². The Bertz CT molecular complexity index is 1350. The second-order valence-electron chi connectivity index (χ2n) is 8.79. The Morgan fingerprint density at radius 1 is 1.11 bits per heavy atom. The number of carbonyl (C=O) groups excluding carboxylic acids is 2. The van der Waals surface area contributed by atoms with Crippen LogP contribution in [0.5, 0.6) is 0 Å². The number of hydrogen-bond acceptors (Lipinski definition) is 7. The standard InChI is InChI=1S/C23H29N7O4S/c1-15-6-8-19(9-7-15)35(33,34)29-12-4-5-18(13-29)22(32)28-27-21(31)11-10-20-16(2)26-23-24-14-25-30(23)17(20)3/h6-9,14,18H,4-5,10-13H2,1-3H3,(H,27,31)(H,28,32). The second-order valence-corrected chi connectivity index (χ2v) is 10.7. The van der Waals surface area contributed by atoms with Gasteiger partial charge in [-0.3, -0.25) is 20.4 Å². The van der Waals surface area contributed by atoms with Crippen molar-refractivity contribution < 1.29 is 18.0 Å². The third kappa shape index (κ3) is 5.33. The minimum atomic E-state index is -3.69. The first-order chi connectivity index (χ1) is 16.7. The van der Waals surface area contributed by atoms with Gasteiger partial charge in [-0.05, 0) is 57.7 Å². The molecule has 1 saturated heterocycles. The van der Waals surface area contributed by atoms with Crippen LogP contribution in [0.25, 0.3) is 5.78 Å². The Balaban J connectivity index is 1.31. The number of fused-ring (bicyclic) bond motifs is 1. The fourth-order valence-electron chi connectivity index (χ4n) is 4.29. The molecule has 11 nitrogen and oxygen atoms in total. The number of nitrogens with zero attached hydrogens (tertiary/aromatic N) is 5. The van der Waals surface area contributed by atoms with Gasteiger partial charge in [-0.2, -0.15) is 14.4 Å². The largest absolute Gasteiger partial charge is 0.273 e. The topological polar surface area (TPSA) is 139 Å². The number of amides is 2. The number of hydrazine groups is 1. The van der Waals surface area contributed by atoms with Crippen LogP contribution in [0.4, 0.5) is 0 Å². The van der Waals surface area contributed by atoms with Crippen molar-refractivity contribution in [2.24, 2.45) is 5.92 Å². The molecule has 0 bridgehead atoms. The lowest BCUT2D eigenvalue weighted by Crippen LogP contribution is -2.50. The van der Waals surface area contributed by atoms with Crippen LogP contribution >= 0.6 is 0 Å². The van der Waals surface area contributed by atoms with Crippen LogP contribution in [0.15, 0.2) is 35.5 Å². The minimum absolute atomic E-state index is 0.0693. The molecule has 3 heterocycles. The molecular formula is C23H29N7O4S. The monoisotopic (exact) mass is 499 g/mol. The zero-order valence-electron chi connectivity index (χ0n) is 20.0. The van der Waals surface area contributed by atoms with E-state index in [1.807, 2.05) is 20.8 Å². The van der Waals surface area contributed by atoms with Gasteiger partial charge in [-0.1, -0.05) is 17.7 Å². The Labute approximate surface area is 204 Å². The molecule has 1 aromatic carbocycles. The van der Waals surface area contributed by atoms with Crippen LogP contribution < -0.4 is 10.9 Å². The first-order valence-electron chi connectivity index (χ1n) is 11.5. The van der Waals surface area contributed by atoms with Crippen LogP contribution in [0.2, 0.25) is 0 Å². The predicted octanol–water partition coefficient (Wildman–Crippen LogP) is 1.23. The highest BCUT2D eigenvalue weighted by molar-refractivity contribution is 7.89. The number of carbonyl (C=O) groups is 2. The van der Waals surface area contributed by atoms with Crippen molar-refractivity contribution in [3.63, 3.8) is 0 Å². The number of aromatic nitrogens is 4. The van der Waals surface area contributed by atoms with Crippen LogP contribution in [0.3, 0.4) is 0 Å². The summed E-state index contributed by atoms with van der Waals surface area (Å²) in [6.07, 6.45) is 3.10. The first-order valence-corrected chi connectivity index (χ1v) is 12.9. The molecule has 0 spiro atoms. The van der Waals surface area contributed by atoms with Gasteiger partial charge in [-0.25, -0.2) is 17.9 Å². The van der Waals surface area contributed by atoms with Crippen molar-refractivity contribution in [2.75, 3.05) is 13.1 Å². The first kappa shape index (κ1) is 24.7. The number of sulfonamides is 1. The molecule has 1 atom stereocenters. The molecule has 2 N–H and O–H groups in total. The zero-order valence-corrected chi connectivity index (χ0v) is 20.8. The molecule has 2 amide bonds. The van der Waals surface area contributed by atoms with Gasteiger partial charge in [0.05, 0.1) is 10.8 Å². The number of rotatable bonds is 6. The van der Waals surface area contributed by atoms with Gasteiger partial charge < -0.3 is 0 Å². The van der Waals surface area contributed by atoms with E-state index >= 15 is 0 Å². The number of hydrogen-bond donors (Lipinski definition) is 2. The summed E-state index contributed by atoms with van der Waals surface area (Å²) in [7, 11) is -3.69. The molecule has 2 aromatic heterocycles. The van der Waals surface area contributed by atoms with E-state index in [4.69, 9.17) is 0 Å². The summed E-state index contributed by atoms with van der Waals surface area (Å²) in [5, 5.41) is 4.14. The van der Waals surface area contributed by atoms with Crippen molar-refractivity contribution in [3.8, 4) is 0 Å². The molecule has 3 aromatic rings. The summed E-state index contributed by atoms with van der Waals surface area (Å²) in [4.78, 5) is 33.8. The van der Waals surface area contributed by atoms with Gasteiger partial charge in [0.1, 0.15) is 6.33 Å². The summed E-state index contributed by atoms with van der Waals surface area (Å²) in [6.45, 7) is 6.07. The quantitative estimate of drug-likeness (QED) is 0.486. The lowest BCUT2D eigenvalue weighted by molar-refractivity contribution is -0.132. The highest BCUT2D eigenvalue weighted by atomic mass is 32.2. The maximum atomic E-state index is 13.0. The van der Waals surface area contributed by atoms with Crippen molar-refractivity contribution in [2.45, 2.75) is 51.3 Å². The number of aryl methyl sites for hydroxylation is 3. The van der Waals surface area contributed by atoms with Gasteiger partial charge in [0, 0.05) is 30.9 Å². The molecule has 186 valence electrons. The molecule has 1 fully saturated rings. The van der Waals surface area contributed by atoms with Crippen molar-refractivity contribution >= 4 is 27.6 Å². The Kier molecular flexibility index (Phi) is 7.13. The molecule has 1 unspecified atom stereocenters. The summed E-state index contributed by atoms with van der Waals surface area (Å²) in [6, 6.07) is 6.65. The lowest BCUT2D eigenvalue weighted by atomic mass is 9.99. The van der Waals surface area contributed by atoms with Crippen LogP contribution in [-0.4, -0.2) is 57.2 Å². The highest BCUT2D eigenvalue weighted by Gasteiger charge is 2.33. The van der Waals surface area contributed by atoms with E-state index in [0.29, 0.717) is 31.6 Å². The van der Waals surface area contributed by atoms with Crippen molar-refractivity contribution in [1.29, 1.82) is 0 Å². The zero-order chi connectivity index (χ0) is 25.2. The molecule has 0 aliphatic carbocycles. The summed E-state index contributed by atoms with van der Waals surface area (Å²) >= 11 is 0. The third-order valence-corrected chi connectivity index (χ3v) is 8.21. The minimum Gasteiger partial charge on any atom is -0.273 e. The van der Waals surface area contributed by atoms with E-state index in [-0.39, 0.29) is 23.8 Å². The fraction of sp³-hybridized carbons (Fsp3) is 0.435. The van der Waals surface area contributed by atoms with E-state index in [1.165, 1.54) is 10.6 Å². The van der Waals surface area contributed by atoms with Gasteiger partial charge in [0.25, 0.3) is 5.78 Å². The molecule has 4 rings (SSSR count). The Hall–Kier alpha value is -3.38. The van der Waals surface area contributed by atoms with Crippen LogP contribution in [0.1, 0.15) is 41.8 Å². The summed E-state index contributed by atoms with van der Waals surface area (Å²) < 4.78 is 28.9. The van der Waals surface area contributed by atoms with E-state index in [9.17, 15) is 18.0 Å². The van der Waals surface area contributed by atoms with Gasteiger partial charge in [-0.15, -0.1) is 0 Å². The summed E-state index contributed by atoms with van der Waals surface area (Å²) in [5.74, 6) is -0.796. The van der Waals surface area contributed by atoms with Crippen molar-refractivity contribution in [3.05, 3.63) is 53.1 Å². The third-order valence-electron chi connectivity index (χ3n) is 6.33. The van der Waals surface area contributed by atoms with Crippen LogP contribution in [-0.2, 0) is 26.0 Å². The van der Waals surface area contributed by atoms with E-state index in [1.54, 1.807) is 28.8 Å². The molecule has 1 aliphatic heterocycles. The Morgan fingerprint density at radius 3 is 2.60 bits per heavy atom. The SMILES string of the molecule is Cc1ccc(S(=O)(=O)N2CCCC(C(=O)NNC(=O)CCc3c(C)nc4ncnn4c3C)C2)cc1. The van der Waals surface area contributed by atoms with E-state index in [0.717, 1.165) is 22.5 Å². The fourth-order valence-corrected chi connectivity index (χ4v) is 5.81. The van der Waals surface area contributed by atoms with Crippen molar-refractivity contribution in [1.82, 2.24) is 34.7 Å². The van der Waals surface area contributed by atoms with Gasteiger partial charge >= 0.3 is 0 Å². The maximum Gasteiger partial charge on any atom is 0.252 e. The molecule has 35 heavy (non-hydrogen) atoms. The van der Waals surface area contributed by atoms with Gasteiger partial charge in [0.2, 0.25) is 21.8 Å². The van der Waals surface area contributed by atoms with Crippen LogP contribution in [0, 0.1) is 26.7 Å². The average molecular weight is 500 g/mol. The number of piperidine rings is 1. The molecule has 0 radical (unpaired) electrons. The number of benzene rings is 1. The number of nitrogens with one attached hydrogen (secondary N) is 2. The molecule has 1 aliphatic rings. The lowest BCUT2D eigenvalue weighted by Gasteiger charge is -2.31. The second kappa shape index (κ2) is 10.1. The van der Waals surface area contributed by atoms with Gasteiger partial charge in [0.15, 0.2) is 0 Å². The van der Waals surface area contributed by atoms with E-state index in [2.05, 4.69) is 25.9 Å². The Morgan fingerprint density at radius 2 is 1.86 bits per heavy atom. The normalized spacial score (nSPS) is 16.8. The highest BCUT2D eigenvalue weighted by Crippen LogP contribution is 2.24. The summed E-state index contributed by atoms with van der Waals surface area (Å²) in [5.41, 5.74) is 8.41. The molecular weight excluding hydrogens is 470 g/mol.